The Hall–Kier alpha value is -2.19. The van der Waals surface area contributed by atoms with Crippen molar-refractivity contribution in [3.8, 4) is 0 Å². The van der Waals surface area contributed by atoms with Crippen LogP contribution in [0.2, 0.25) is 0 Å². The highest BCUT2D eigenvalue weighted by Gasteiger charge is 2.28. The molecular formula is C13H15N3O4S. The van der Waals surface area contributed by atoms with Crippen molar-refractivity contribution < 1.29 is 18.3 Å². The lowest BCUT2D eigenvalue weighted by Gasteiger charge is -2.14. The van der Waals surface area contributed by atoms with E-state index in [1.165, 1.54) is 12.5 Å². The van der Waals surface area contributed by atoms with E-state index in [-0.39, 0.29) is 5.03 Å². The number of benzene rings is 1. The van der Waals surface area contributed by atoms with Crippen molar-refractivity contribution in [3.63, 3.8) is 0 Å². The Balaban J connectivity index is 2.30. The molecule has 112 valence electrons. The van der Waals surface area contributed by atoms with Crippen molar-refractivity contribution >= 4 is 16.0 Å². The fourth-order valence-corrected chi connectivity index (χ4v) is 2.90. The molecule has 1 heterocycles. The molecule has 0 radical (unpaired) electrons. The molecule has 0 bridgehead atoms. The number of carboxylic acids is 1. The van der Waals surface area contributed by atoms with Gasteiger partial charge < -0.3 is 9.67 Å². The summed E-state index contributed by atoms with van der Waals surface area (Å²) in [6.07, 6.45) is 2.74. The number of hydrogen-bond acceptors (Lipinski definition) is 4. The quantitative estimate of drug-likeness (QED) is 0.829. The number of imidazole rings is 1. The normalized spacial score (nSPS) is 13.0. The van der Waals surface area contributed by atoms with Crippen LogP contribution in [0.25, 0.3) is 0 Å². The summed E-state index contributed by atoms with van der Waals surface area (Å²) in [6.45, 7) is 2.42. The Bertz CT molecular complexity index is 725. The van der Waals surface area contributed by atoms with Gasteiger partial charge in [0.25, 0.3) is 10.0 Å². The number of aliphatic carboxylic acids is 1. The topological polar surface area (TPSA) is 101 Å². The third-order valence-corrected chi connectivity index (χ3v) is 4.21. The van der Waals surface area contributed by atoms with Gasteiger partial charge in [-0.15, -0.1) is 0 Å². The van der Waals surface area contributed by atoms with E-state index in [1.54, 1.807) is 34.9 Å². The number of rotatable bonds is 6. The Labute approximate surface area is 122 Å². The summed E-state index contributed by atoms with van der Waals surface area (Å²) in [4.78, 5) is 15.1. The summed E-state index contributed by atoms with van der Waals surface area (Å²) in [5.74, 6) is -1.28. The number of nitrogens with one attached hydrogen (secondary N) is 1. The molecule has 0 saturated carbocycles. The lowest BCUT2D eigenvalue weighted by molar-refractivity contribution is -0.139. The molecule has 1 unspecified atom stereocenters. The summed E-state index contributed by atoms with van der Waals surface area (Å²) >= 11 is 0. The maximum atomic E-state index is 12.2. The monoisotopic (exact) mass is 309 g/mol. The van der Waals surface area contributed by atoms with Gasteiger partial charge in [-0.1, -0.05) is 30.3 Å². The van der Waals surface area contributed by atoms with Crippen LogP contribution >= 0.6 is 0 Å². The van der Waals surface area contributed by atoms with E-state index in [1.807, 2.05) is 6.92 Å². The zero-order chi connectivity index (χ0) is 15.5. The zero-order valence-corrected chi connectivity index (χ0v) is 12.1. The average Bonchev–Trinajstić information content (AvgIpc) is 2.95. The first-order valence-corrected chi connectivity index (χ1v) is 7.74. The smallest absolute Gasteiger partial charge is 0.326 e. The van der Waals surface area contributed by atoms with E-state index < -0.39 is 22.0 Å². The van der Waals surface area contributed by atoms with Crippen LogP contribution in [0.5, 0.6) is 0 Å². The number of carboxylic acid groups (broad SMARTS) is 1. The van der Waals surface area contributed by atoms with Gasteiger partial charge in [-0.05, 0) is 12.5 Å². The largest absolute Gasteiger partial charge is 0.480 e. The third-order valence-electron chi connectivity index (χ3n) is 2.90. The fourth-order valence-electron chi connectivity index (χ4n) is 1.77. The standard InChI is InChI=1S/C13H15N3O4S/c1-2-16-8-11(14-9-16)21(19,20)15-12(13(17)18)10-6-4-3-5-7-10/h3-9,12,15H,2H2,1H3,(H,17,18). The van der Waals surface area contributed by atoms with Gasteiger partial charge in [0.05, 0.1) is 6.33 Å². The van der Waals surface area contributed by atoms with Crippen LogP contribution in [0.15, 0.2) is 47.9 Å². The van der Waals surface area contributed by atoms with Gasteiger partial charge in [-0.2, -0.15) is 4.72 Å². The molecule has 7 nitrogen and oxygen atoms in total. The molecule has 1 aromatic carbocycles. The molecule has 0 amide bonds. The highest BCUT2D eigenvalue weighted by atomic mass is 32.2. The summed E-state index contributed by atoms with van der Waals surface area (Å²) in [5.41, 5.74) is 0.350. The van der Waals surface area contributed by atoms with Crippen LogP contribution in [0, 0.1) is 0 Å². The molecule has 0 saturated heterocycles. The predicted octanol–water partition coefficient (Wildman–Crippen LogP) is 1.01. The minimum absolute atomic E-state index is 0.202. The first-order valence-electron chi connectivity index (χ1n) is 6.26. The predicted molar refractivity (Wildman–Crippen MR) is 75.0 cm³/mol. The van der Waals surface area contributed by atoms with Crippen molar-refractivity contribution in [2.45, 2.75) is 24.5 Å². The molecule has 1 atom stereocenters. The Morgan fingerprint density at radius 3 is 2.57 bits per heavy atom. The first kappa shape index (κ1) is 15.2. The van der Waals surface area contributed by atoms with E-state index in [9.17, 15) is 18.3 Å². The number of sulfonamides is 1. The third kappa shape index (κ3) is 3.47. The van der Waals surface area contributed by atoms with Gasteiger partial charge in [0, 0.05) is 12.7 Å². The van der Waals surface area contributed by atoms with Gasteiger partial charge in [-0.25, -0.2) is 13.4 Å². The number of hydrogen-bond donors (Lipinski definition) is 2. The van der Waals surface area contributed by atoms with Crippen LogP contribution in [-0.2, 0) is 21.4 Å². The Morgan fingerprint density at radius 1 is 1.38 bits per heavy atom. The molecule has 0 aliphatic heterocycles. The van der Waals surface area contributed by atoms with Crippen molar-refractivity contribution in [2.75, 3.05) is 0 Å². The summed E-state index contributed by atoms with van der Waals surface area (Å²) < 4.78 is 28.1. The number of nitrogens with zero attached hydrogens (tertiary/aromatic N) is 2. The second kappa shape index (κ2) is 6.06. The SMILES string of the molecule is CCn1cnc(S(=O)(=O)NC(C(=O)O)c2ccccc2)c1. The maximum Gasteiger partial charge on any atom is 0.326 e. The molecule has 2 N–H and O–H groups in total. The second-order valence-electron chi connectivity index (χ2n) is 4.35. The first-order chi connectivity index (χ1) is 9.94. The van der Waals surface area contributed by atoms with Crippen molar-refractivity contribution in [3.05, 3.63) is 48.4 Å². The van der Waals surface area contributed by atoms with Crippen LogP contribution in [0.4, 0.5) is 0 Å². The number of aromatic nitrogens is 2. The molecule has 0 spiro atoms. The van der Waals surface area contributed by atoms with E-state index in [4.69, 9.17) is 0 Å². The van der Waals surface area contributed by atoms with Gasteiger partial charge in [0.2, 0.25) is 0 Å². The molecule has 2 aromatic rings. The van der Waals surface area contributed by atoms with Crippen molar-refractivity contribution in [1.29, 1.82) is 0 Å². The van der Waals surface area contributed by atoms with Crippen LogP contribution in [0.3, 0.4) is 0 Å². The van der Waals surface area contributed by atoms with E-state index >= 15 is 0 Å². The van der Waals surface area contributed by atoms with Crippen LogP contribution < -0.4 is 4.72 Å². The zero-order valence-electron chi connectivity index (χ0n) is 11.3. The van der Waals surface area contributed by atoms with Gasteiger partial charge >= 0.3 is 5.97 Å². The molecule has 0 aliphatic carbocycles. The van der Waals surface area contributed by atoms with Gasteiger partial charge in [0.15, 0.2) is 5.03 Å². The molecule has 21 heavy (non-hydrogen) atoms. The van der Waals surface area contributed by atoms with E-state index in [0.29, 0.717) is 12.1 Å². The van der Waals surface area contributed by atoms with Crippen molar-refractivity contribution in [1.82, 2.24) is 14.3 Å². The van der Waals surface area contributed by atoms with E-state index in [0.717, 1.165) is 0 Å². The summed E-state index contributed by atoms with van der Waals surface area (Å²) in [6, 6.07) is 6.75. The highest BCUT2D eigenvalue weighted by Crippen LogP contribution is 2.16. The fraction of sp³-hybridized carbons (Fsp3) is 0.231. The average molecular weight is 309 g/mol. The maximum absolute atomic E-state index is 12.2. The molecular weight excluding hydrogens is 294 g/mol. The lowest BCUT2D eigenvalue weighted by Crippen LogP contribution is -2.34. The Morgan fingerprint density at radius 2 is 2.05 bits per heavy atom. The Kier molecular flexibility index (Phi) is 4.39. The van der Waals surface area contributed by atoms with Gasteiger partial charge in [0.1, 0.15) is 6.04 Å². The molecule has 1 aromatic heterocycles. The highest BCUT2D eigenvalue weighted by molar-refractivity contribution is 7.89. The molecule has 8 heteroatoms. The van der Waals surface area contributed by atoms with Gasteiger partial charge in [-0.3, -0.25) is 4.79 Å². The van der Waals surface area contributed by atoms with Crippen molar-refractivity contribution in [2.24, 2.45) is 0 Å². The summed E-state index contributed by atoms with van der Waals surface area (Å²) in [7, 11) is -4.00. The molecule has 0 aliphatic rings. The number of carbonyl (C=O) groups is 1. The van der Waals surface area contributed by atoms with E-state index in [2.05, 4.69) is 9.71 Å². The minimum atomic E-state index is -4.00. The molecule has 0 fully saturated rings. The van der Waals surface area contributed by atoms with Crippen LogP contribution in [-0.4, -0.2) is 29.0 Å². The lowest BCUT2D eigenvalue weighted by atomic mass is 10.1. The van der Waals surface area contributed by atoms with Crippen LogP contribution in [0.1, 0.15) is 18.5 Å². The second-order valence-corrected chi connectivity index (χ2v) is 6.01. The summed E-state index contributed by atoms with van der Waals surface area (Å²) in [5, 5.41) is 9.03. The number of aryl methyl sites for hydroxylation is 1. The molecule has 2 rings (SSSR count). The minimum Gasteiger partial charge on any atom is -0.480 e.